The minimum atomic E-state index is -3.97. The van der Waals surface area contributed by atoms with Crippen molar-refractivity contribution < 1.29 is 23.0 Å². The molecule has 0 saturated heterocycles. The van der Waals surface area contributed by atoms with E-state index in [9.17, 15) is 13.2 Å². The van der Waals surface area contributed by atoms with E-state index >= 15 is 0 Å². The van der Waals surface area contributed by atoms with Gasteiger partial charge in [-0.05, 0) is 18.4 Å². The summed E-state index contributed by atoms with van der Waals surface area (Å²) in [5.74, 6) is -0.943. The predicted octanol–water partition coefficient (Wildman–Crippen LogP) is -0.226. The molecule has 0 aliphatic rings. The lowest BCUT2D eigenvalue weighted by Gasteiger charge is -2.29. The summed E-state index contributed by atoms with van der Waals surface area (Å²) in [6, 6.07) is -0.645. The van der Waals surface area contributed by atoms with Gasteiger partial charge in [0.2, 0.25) is 0 Å². The lowest BCUT2D eigenvalue weighted by molar-refractivity contribution is -0.134. The Kier molecular flexibility index (Phi) is 6.03. The van der Waals surface area contributed by atoms with Gasteiger partial charge in [-0.2, -0.15) is 8.42 Å². The molecule has 0 fully saturated rings. The van der Waals surface area contributed by atoms with Crippen LogP contribution in [-0.4, -0.2) is 42.4 Å². The number of hydrogen-bond acceptors (Lipinski definition) is 5. The number of amides is 1. The van der Waals surface area contributed by atoms with Gasteiger partial charge < -0.3 is 5.32 Å². The standard InChI is InChI=1S/C9H20N2O5S/c1-9(2,3)7(8(12)11-13)10-5-4-6-17(14,15)16/h7,10,13H,4-6H2,1-3H3,(H,11,12)(H,14,15,16)/t7-/m1/s1. The summed E-state index contributed by atoms with van der Waals surface area (Å²) in [6.45, 7) is 5.67. The molecule has 0 spiro atoms. The smallest absolute Gasteiger partial charge is 0.264 e. The maximum absolute atomic E-state index is 11.4. The van der Waals surface area contributed by atoms with E-state index in [-0.39, 0.29) is 18.7 Å². The minimum absolute atomic E-state index is 0.185. The van der Waals surface area contributed by atoms with Crippen molar-refractivity contribution in [2.24, 2.45) is 5.41 Å². The zero-order chi connectivity index (χ0) is 13.7. The average molecular weight is 268 g/mol. The Morgan fingerprint density at radius 3 is 2.24 bits per heavy atom. The number of hydrogen-bond donors (Lipinski definition) is 4. The monoisotopic (exact) mass is 268 g/mol. The number of hydroxylamine groups is 1. The van der Waals surface area contributed by atoms with Crippen LogP contribution in [0, 0.1) is 5.41 Å². The van der Waals surface area contributed by atoms with Crippen LogP contribution in [0.2, 0.25) is 0 Å². The van der Waals surface area contributed by atoms with Crippen LogP contribution in [0.25, 0.3) is 0 Å². The third kappa shape index (κ3) is 7.27. The van der Waals surface area contributed by atoms with E-state index in [0.717, 1.165) is 0 Å². The highest BCUT2D eigenvalue weighted by molar-refractivity contribution is 7.85. The second kappa shape index (κ2) is 6.29. The first-order valence-corrected chi connectivity index (χ1v) is 6.81. The maximum Gasteiger partial charge on any atom is 0.264 e. The lowest BCUT2D eigenvalue weighted by atomic mass is 9.86. The molecule has 0 saturated carbocycles. The van der Waals surface area contributed by atoms with Gasteiger partial charge in [0.05, 0.1) is 11.8 Å². The zero-order valence-electron chi connectivity index (χ0n) is 10.2. The Balaban J connectivity index is 4.25. The summed E-state index contributed by atoms with van der Waals surface area (Å²) in [5, 5.41) is 11.4. The molecule has 0 heterocycles. The Labute approximate surface area is 101 Å². The molecule has 4 N–H and O–H groups in total. The van der Waals surface area contributed by atoms with Gasteiger partial charge in [0.1, 0.15) is 0 Å². The molecule has 0 bridgehead atoms. The van der Waals surface area contributed by atoms with E-state index < -0.39 is 27.5 Å². The Hall–Kier alpha value is -0.700. The van der Waals surface area contributed by atoms with Gasteiger partial charge in [0.15, 0.2) is 0 Å². The highest BCUT2D eigenvalue weighted by Gasteiger charge is 2.30. The van der Waals surface area contributed by atoms with Gasteiger partial charge in [-0.1, -0.05) is 20.8 Å². The normalized spacial score (nSPS) is 14.4. The SMILES string of the molecule is CC(C)(C)[C@H](NCCCS(=O)(=O)O)C(=O)NO. The highest BCUT2D eigenvalue weighted by atomic mass is 32.2. The van der Waals surface area contributed by atoms with Gasteiger partial charge >= 0.3 is 0 Å². The minimum Gasteiger partial charge on any atom is -0.305 e. The summed E-state index contributed by atoms with van der Waals surface area (Å²) in [4.78, 5) is 11.4. The van der Waals surface area contributed by atoms with E-state index in [1.54, 1.807) is 5.48 Å². The fourth-order valence-corrected chi connectivity index (χ4v) is 1.87. The van der Waals surface area contributed by atoms with Crippen molar-refractivity contribution in [1.29, 1.82) is 0 Å². The second-order valence-corrected chi connectivity index (χ2v) is 6.44. The molecular formula is C9H20N2O5S. The first-order chi connectivity index (χ1) is 7.58. The maximum atomic E-state index is 11.4. The van der Waals surface area contributed by atoms with Crippen LogP contribution in [-0.2, 0) is 14.9 Å². The summed E-state index contributed by atoms with van der Waals surface area (Å²) in [7, 11) is -3.97. The van der Waals surface area contributed by atoms with Gasteiger partial charge in [-0.15, -0.1) is 0 Å². The molecule has 1 amide bonds. The van der Waals surface area contributed by atoms with Crippen LogP contribution in [0.1, 0.15) is 27.2 Å². The lowest BCUT2D eigenvalue weighted by Crippen LogP contribution is -2.51. The molecule has 0 aromatic rings. The number of carbonyl (C=O) groups is 1. The number of nitrogens with one attached hydrogen (secondary N) is 2. The van der Waals surface area contributed by atoms with Gasteiger partial charge in [0, 0.05) is 0 Å². The van der Waals surface area contributed by atoms with Crippen molar-refractivity contribution in [3.8, 4) is 0 Å². The third-order valence-corrected chi connectivity index (χ3v) is 2.97. The van der Waals surface area contributed by atoms with Crippen molar-refractivity contribution in [2.45, 2.75) is 33.2 Å². The van der Waals surface area contributed by atoms with Crippen molar-refractivity contribution in [2.75, 3.05) is 12.3 Å². The van der Waals surface area contributed by atoms with Crippen LogP contribution in [0.3, 0.4) is 0 Å². The van der Waals surface area contributed by atoms with Crippen molar-refractivity contribution in [3.63, 3.8) is 0 Å². The molecule has 8 heteroatoms. The fraction of sp³-hybridized carbons (Fsp3) is 0.889. The summed E-state index contributed by atoms with van der Waals surface area (Å²) >= 11 is 0. The van der Waals surface area contributed by atoms with Crippen molar-refractivity contribution >= 4 is 16.0 Å². The first-order valence-electron chi connectivity index (χ1n) is 5.20. The predicted molar refractivity (Wildman–Crippen MR) is 62.2 cm³/mol. The molecule has 17 heavy (non-hydrogen) atoms. The molecule has 1 atom stereocenters. The molecule has 0 aromatic heterocycles. The highest BCUT2D eigenvalue weighted by Crippen LogP contribution is 2.19. The van der Waals surface area contributed by atoms with E-state index in [4.69, 9.17) is 9.76 Å². The van der Waals surface area contributed by atoms with E-state index in [1.165, 1.54) is 0 Å². The molecule has 0 rings (SSSR count). The fourth-order valence-electron chi connectivity index (χ4n) is 1.36. The molecule has 7 nitrogen and oxygen atoms in total. The quantitative estimate of drug-likeness (QED) is 0.229. The summed E-state index contributed by atoms with van der Waals surface area (Å²) < 4.78 is 29.5. The average Bonchev–Trinajstić information content (AvgIpc) is 2.13. The number of rotatable bonds is 6. The molecule has 0 unspecified atom stereocenters. The Bertz CT molecular complexity index is 347. The van der Waals surface area contributed by atoms with Gasteiger partial charge in [0.25, 0.3) is 16.0 Å². The molecular weight excluding hydrogens is 248 g/mol. The zero-order valence-corrected chi connectivity index (χ0v) is 11.0. The van der Waals surface area contributed by atoms with Crippen LogP contribution in [0.4, 0.5) is 0 Å². The largest absolute Gasteiger partial charge is 0.305 e. The van der Waals surface area contributed by atoms with Crippen LogP contribution in [0.5, 0.6) is 0 Å². The van der Waals surface area contributed by atoms with Crippen LogP contribution >= 0.6 is 0 Å². The van der Waals surface area contributed by atoms with E-state index in [1.807, 2.05) is 20.8 Å². The second-order valence-electron chi connectivity index (χ2n) is 4.87. The van der Waals surface area contributed by atoms with E-state index in [0.29, 0.717) is 0 Å². The Morgan fingerprint density at radius 1 is 1.35 bits per heavy atom. The third-order valence-electron chi connectivity index (χ3n) is 2.17. The Morgan fingerprint density at radius 2 is 1.88 bits per heavy atom. The molecule has 0 radical (unpaired) electrons. The van der Waals surface area contributed by atoms with Gasteiger partial charge in [-0.25, -0.2) is 5.48 Å². The molecule has 0 aromatic carbocycles. The van der Waals surface area contributed by atoms with Crippen LogP contribution in [0.15, 0.2) is 0 Å². The summed E-state index contributed by atoms with van der Waals surface area (Å²) in [6.07, 6.45) is 0.185. The van der Waals surface area contributed by atoms with Crippen molar-refractivity contribution in [1.82, 2.24) is 10.8 Å². The van der Waals surface area contributed by atoms with Crippen molar-refractivity contribution in [3.05, 3.63) is 0 Å². The molecule has 102 valence electrons. The topological polar surface area (TPSA) is 116 Å². The van der Waals surface area contributed by atoms with Gasteiger partial charge in [-0.3, -0.25) is 14.6 Å². The number of carbonyl (C=O) groups excluding carboxylic acids is 1. The summed E-state index contributed by atoms with van der Waals surface area (Å²) in [5.41, 5.74) is 1.13. The molecule has 0 aliphatic heterocycles. The van der Waals surface area contributed by atoms with Crippen LogP contribution < -0.4 is 10.8 Å². The molecule has 0 aliphatic carbocycles. The first kappa shape index (κ1) is 16.3. The van der Waals surface area contributed by atoms with E-state index in [2.05, 4.69) is 5.32 Å².